The van der Waals surface area contributed by atoms with Crippen LogP contribution in [0.2, 0.25) is 0 Å². The monoisotopic (exact) mass is 711 g/mol. The molecule has 0 saturated heterocycles. The summed E-state index contributed by atoms with van der Waals surface area (Å²) in [5.41, 5.74) is 0.0432. The van der Waals surface area contributed by atoms with Gasteiger partial charge < -0.3 is 38.4 Å². The number of amides is 2. The fourth-order valence-electron chi connectivity index (χ4n) is 5.83. The second kappa shape index (κ2) is 17.7. The number of aliphatic carboxylic acids is 1. The van der Waals surface area contributed by atoms with Gasteiger partial charge in [0.25, 0.3) is 0 Å². The molecule has 278 valence electrons. The number of nitrogens with zero attached hydrogens (tertiary/aromatic N) is 3. The van der Waals surface area contributed by atoms with E-state index in [9.17, 15) is 19.5 Å². The van der Waals surface area contributed by atoms with E-state index >= 15 is 4.79 Å². The van der Waals surface area contributed by atoms with Crippen LogP contribution in [0.5, 0.6) is 17.2 Å². The van der Waals surface area contributed by atoms with E-state index < -0.39 is 47.5 Å². The van der Waals surface area contributed by atoms with Crippen LogP contribution < -0.4 is 14.2 Å². The van der Waals surface area contributed by atoms with Crippen molar-refractivity contribution >= 4 is 23.9 Å². The van der Waals surface area contributed by atoms with Crippen LogP contribution >= 0.6 is 0 Å². The maximum absolute atomic E-state index is 15.0. The minimum Gasteiger partial charge on any atom is -0.497 e. The van der Waals surface area contributed by atoms with Crippen LogP contribution in [0.15, 0.2) is 67.3 Å². The number of carboxylic acids is 1. The Morgan fingerprint density at radius 2 is 1.57 bits per heavy atom. The van der Waals surface area contributed by atoms with Gasteiger partial charge in [0.05, 0.1) is 35.0 Å². The lowest BCUT2D eigenvalue weighted by Gasteiger charge is -2.49. The van der Waals surface area contributed by atoms with Crippen molar-refractivity contribution in [2.24, 2.45) is 0 Å². The van der Waals surface area contributed by atoms with Crippen LogP contribution in [-0.2, 0) is 41.7 Å². The van der Waals surface area contributed by atoms with Gasteiger partial charge in [-0.05, 0) is 63.4 Å². The van der Waals surface area contributed by atoms with Crippen molar-refractivity contribution in [1.82, 2.24) is 14.7 Å². The molecular weight excluding hydrogens is 662 g/mol. The molecule has 1 heterocycles. The standard InChI is InChI=1S/C37H49N3O11/c1-10-21-38(23-25-15-18-27(46-5)19-16-25)37(50-9,34(43)44)40(35(45)51-36(2,3)4)29-13-11-12-14-30(33(42)49-8)39(32(29)41)24-26-17-20-28(47-6)22-31(26)48-7/h10-12,15-20,22,29-30H,1,13-14,21,23-24H2,2-9H3,(H,43,44)/b12-11-/t29-,30-,37?/m0/s1. The molecule has 0 spiro atoms. The number of hydrogen-bond donors (Lipinski definition) is 1. The average molecular weight is 712 g/mol. The number of hydrogen-bond acceptors (Lipinski definition) is 11. The highest BCUT2D eigenvalue weighted by Gasteiger charge is 2.58. The summed E-state index contributed by atoms with van der Waals surface area (Å²) >= 11 is 0. The molecule has 1 aliphatic heterocycles. The summed E-state index contributed by atoms with van der Waals surface area (Å²) in [6.45, 7) is 8.33. The van der Waals surface area contributed by atoms with E-state index in [0.29, 0.717) is 28.4 Å². The maximum Gasteiger partial charge on any atom is 0.414 e. The van der Waals surface area contributed by atoms with Crippen LogP contribution in [0.25, 0.3) is 0 Å². The minimum absolute atomic E-state index is 0.0657. The van der Waals surface area contributed by atoms with Crippen molar-refractivity contribution in [3.05, 3.63) is 78.4 Å². The summed E-state index contributed by atoms with van der Waals surface area (Å²) in [6.07, 6.45) is 3.56. The Kier molecular flexibility index (Phi) is 14.0. The average Bonchev–Trinajstić information content (AvgIpc) is 3.10. The summed E-state index contributed by atoms with van der Waals surface area (Å²) in [5, 5.41) is 11.1. The number of carboxylic acid groups (broad SMARTS) is 1. The molecule has 0 radical (unpaired) electrons. The predicted molar refractivity (Wildman–Crippen MR) is 187 cm³/mol. The van der Waals surface area contributed by atoms with E-state index in [2.05, 4.69) is 6.58 Å². The molecule has 0 aromatic heterocycles. The molecule has 14 nitrogen and oxygen atoms in total. The van der Waals surface area contributed by atoms with Gasteiger partial charge in [0, 0.05) is 31.8 Å². The molecule has 1 aliphatic rings. The minimum atomic E-state index is -2.63. The van der Waals surface area contributed by atoms with Crippen molar-refractivity contribution in [2.75, 3.05) is 42.1 Å². The number of benzene rings is 2. The van der Waals surface area contributed by atoms with Crippen molar-refractivity contribution in [3.8, 4) is 17.2 Å². The molecule has 14 heteroatoms. The SMILES string of the molecule is C=CCN(Cc1ccc(OC)cc1)C(OC)(C(=O)O)N(C(=O)OC(C)(C)C)[C@H]1C/C=C\C[C@@H](C(=O)OC)N(Cc2ccc(OC)cc2OC)C1=O. The highest BCUT2D eigenvalue weighted by Crippen LogP contribution is 2.34. The molecule has 0 saturated carbocycles. The van der Waals surface area contributed by atoms with Gasteiger partial charge in [-0.3, -0.25) is 4.79 Å². The smallest absolute Gasteiger partial charge is 0.414 e. The largest absolute Gasteiger partial charge is 0.497 e. The third kappa shape index (κ3) is 9.38. The molecule has 0 fully saturated rings. The highest BCUT2D eigenvalue weighted by molar-refractivity contribution is 5.92. The predicted octanol–water partition coefficient (Wildman–Crippen LogP) is 4.61. The van der Waals surface area contributed by atoms with E-state index in [4.69, 9.17) is 28.4 Å². The van der Waals surface area contributed by atoms with Crippen molar-refractivity contribution in [3.63, 3.8) is 0 Å². The zero-order valence-electron chi connectivity index (χ0n) is 30.5. The molecular formula is C37H49N3O11. The molecule has 2 aromatic carbocycles. The van der Waals surface area contributed by atoms with Crippen molar-refractivity contribution in [2.45, 2.75) is 70.2 Å². The molecule has 51 heavy (non-hydrogen) atoms. The molecule has 3 rings (SSSR count). The van der Waals surface area contributed by atoms with Crippen molar-refractivity contribution in [1.29, 1.82) is 0 Å². The Morgan fingerprint density at radius 3 is 2.10 bits per heavy atom. The molecule has 2 amide bonds. The zero-order valence-corrected chi connectivity index (χ0v) is 30.5. The number of carbonyl (C=O) groups excluding carboxylic acids is 3. The van der Waals surface area contributed by atoms with E-state index in [1.165, 1.54) is 44.3 Å². The van der Waals surface area contributed by atoms with Gasteiger partial charge in [-0.25, -0.2) is 24.2 Å². The van der Waals surface area contributed by atoms with Crippen LogP contribution in [0.1, 0.15) is 44.7 Å². The van der Waals surface area contributed by atoms with E-state index in [1.54, 1.807) is 75.4 Å². The first kappa shape index (κ1) is 40.4. The van der Waals surface area contributed by atoms with Gasteiger partial charge in [-0.15, -0.1) is 6.58 Å². The number of ether oxygens (including phenoxy) is 6. The van der Waals surface area contributed by atoms with Gasteiger partial charge in [0.15, 0.2) is 0 Å². The molecule has 1 N–H and O–H groups in total. The molecule has 0 bridgehead atoms. The Morgan fingerprint density at radius 1 is 0.941 bits per heavy atom. The van der Waals surface area contributed by atoms with Gasteiger partial charge in [-0.1, -0.05) is 30.4 Å². The maximum atomic E-state index is 15.0. The molecule has 2 aromatic rings. The number of esters is 1. The fourth-order valence-corrected chi connectivity index (χ4v) is 5.83. The third-order valence-corrected chi connectivity index (χ3v) is 8.24. The first-order valence-corrected chi connectivity index (χ1v) is 16.2. The van der Waals surface area contributed by atoms with Gasteiger partial charge >= 0.3 is 23.9 Å². The zero-order chi connectivity index (χ0) is 37.9. The lowest BCUT2D eigenvalue weighted by molar-refractivity contribution is -0.244. The van der Waals surface area contributed by atoms with Crippen LogP contribution in [-0.4, -0.2) is 109 Å². The molecule has 3 atom stereocenters. The summed E-state index contributed by atoms with van der Waals surface area (Å²) < 4.78 is 33.0. The first-order valence-electron chi connectivity index (χ1n) is 16.2. The van der Waals surface area contributed by atoms with Crippen LogP contribution in [0.4, 0.5) is 4.79 Å². The first-order chi connectivity index (χ1) is 24.2. The second-order valence-electron chi connectivity index (χ2n) is 12.6. The topological polar surface area (TPSA) is 154 Å². The van der Waals surface area contributed by atoms with Gasteiger partial charge in [0.2, 0.25) is 5.91 Å². The lowest BCUT2D eigenvalue weighted by Crippen LogP contribution is -2.72. The second-order valence-corrected chi connectivity index (χ2v) is 12.6. The Balaban J connectivity index is 2.31. The van der Waals surface area contributed by atoms with Gasteiger partial charge in [0.1, 0.15) is 34.9 Å². The summed E-state index contributed by atoms with van der Waals surface area (Å²) in [6, 6.07) is 9.18. The normalized spacial score (nSPS) is 18.1. The quantitative estimate of drug-likeness (QED) is 0.156. The number of methoxy groups -OCH3 is 5. The Hall–Kier alpha value is -5.08. The van der Waals surface area contributed by atoms with E-state index in [0.717, 1.165) is 12.0 Å². The summed E-state index contributed by atoms with van der Waals surface area (Å²) in [7, 11) is 6.82. The lowest BCUT2D eigenvalue weighted by atomic mass is 10.00. The van der Waals surface area contributed by atoms with Crippen molar-refractivity contribution < 1.29 is 52.7 Å². The Bertz CT molecular complexity index is 1570. The summed E-state index contributed by atoms with van der Waals surface area (Å²) in [4.78, 5) is 59.9. The van der Waals surface area contributed by atoms with Crippen LogP contribution in [0, 0.1) is 0 Å². The number of rotatable bonds is 15. The van der Waals surface area contributed by atoms with E-state index in [-0.39, 0.29) is 32.5 Å². The fraction of sp³-hybridized carbons (Fsp3) is 0.459. The third-order valence-electron chi connectivity index (χ3n) is 8.24. The highest BCUT2D eigenvalue weighted by atomic mass is 16.6. The Labute approximate surface area is 299 Å². The van der Waals surface area contributed by atoms with Gasteiger partial charge in [-0.2, -0.15) is 0 Å². The molecule has 1 unspecified atom stereocenters. The van der Waals surface area contributed by atoms with Crippen LogP contribution in [0.3, 0.4) is 0 Å². The molecule has 0 aliphatic carbocycles. The number of carbonyl (C=O) groups is 4. The summed E-state index contributed by atoms with van der Waals surface area (Å²) in [5.74, 6) is -4.25. The van der Waals surface area contributed by atoms with E-state index in [1.807, 2.05) is 0 Å².